The van der Waals surface area contributed by atoms with Crippen LogP contribution in [0.5, 0.6) is 11.5 Å². The van der Waals surface area contributed by atoms with Gasteiger partial charge >= 0.3 is 0 Å². The van der Waals surface area contributed by atoms with Crippen molar-refractivity contribution < 1.29 is 19.4 Å². The van der Waals surface area contributed by atoms with E-state index in [9.17, 15) is 9.90 Å². The zero-order valence-corrected chi connectivity index (χ0v) is 16.1. The maximum Gasteiger partial charge on any atom is 0.258 e. The summed E-state index contributed by atoms with van der Waals surface area (Å²) in [6.45, 7) is 1.55. The van der Waals surface area contributed by atoms with Gasteiger partial charge in [-0.2, -0.15) is 0 Å². The number of carbonyl (C=O) groups excluding carboxylic acids is 1. The Balaban J connectivity index is 1.80. The molecule has 0 spiro atoms. The minimum Gasteiger partial charge on any atom is -0.497 e. The predicted octanol–water partition coefficient (Wildman–Crippen LogP) is 3.49. The van der Waals surface area contributed by atoms with Gasteiger partial charge in [0.25, 0.3) is 5.91 Å². The lowest BCUT2D eigenvalue weighted by molar-refractivity contribution is -0.124. The van der Waals surface area contributed by atoms with E-state index in [1.165, 1.54) is 6.07 Å². The number of hydrogen-bond donors (Lipinski definition) is 2. The average molecular weight is 398 g/mol. The summed E-state index contributed by atoms with van der Waals surface area (Å²) >= 11 is 11.8. The number of methoxy groups -OCH3 is 1. The summed E-state index contributed by atoms with van der Waals surface area (Å²) in [7, 11) is 1.60. The Morgan fingerprint density at radius 2 is 1.88 bits per heavy atom. The number of nitrogens with one attached hydrogen (secondary N) is 1. The quantitative estimate of drug-likeness (QED) is 0.715. The second kappa shape index (κ2) is 9.12. The van der Waals surface area contributed by atoms with E-state index in [0.717, 1.165) is 11.3 Å². The summed E-state index contributed by atoms with van der Waals surface area (Å²) in [5.74, 6) is 0.766. The van der Waals surface area contributed by atoms with E-state index in [2.05, 4.69) is 5.32 Å². The van der Waals surface area contributed by atoms with Crippen LogP contribution in [0.15, 0.2) is 42.5 Å². The fourth-order valence-corrected chi connectivity index (χ4v) is 2.78. The zero-order chi connectivity index (χ0) is 19.2. The van der Waals surface area contributed by atoms with E-state index in [1.807, 2.05) is 24.3 Å². The van der Waals surface area contributed by atoms with Gasteiger partial charge in [-0.15, -0.1) is 0 Å². The molecule has 140 valence electrons. The topological polar surface area (TPSA) is 67.8 Å². The van der Waals surface area contributed by atoms with Crippen LogP contribution in [0.3, 0.4) is 0 Å². The second-order valence-electron chi connectivity index (χ2n) is 6.16. The molecule has 2 rings (SSSR count). The normalized spacial score (nSPS) is 13.0. The predicted molar refractivity (Wildman–Crippen MR) is 102 cm³/mol. The summed E-state index contributed by atoms with van der Waals surface area (Å²) in [6.07, 6.45) is 0.390. The summed E-state index contributed by atoms with van der Waals surface area (Å²) in [4.78, 5) is 11.9. The van der Waals surface area contributed by atoms with Crippen LogP contribution in [0, 0.1) is 0 Å². The molecule has 2 aromatic carbocycles. The van der Waals surface area contributed by atoms with E-state index in [-0.39, 0.29) is 19.1 Å². The van der Waals surface area contributed by atoms with Crippen molar-refractivity contribution in [3.05, 3.63) is 58.1 Å². The van der Waals surface area contributed by atoms with Crippen LogP contribution in [0.2, 0.25) is 10.0 Å². The Bertz CT molecular complexity index is 748. The minimum atomic E-state index is -1.10. The zero-order valence-electron chi connectivity index (χ0n) is 14.6. The maximum atomic E-state index is 11.9. The Hall–Kier alpha value is -1.95. The summed E-state index contributed by atoms with van der Waals surface area (Å²) in [5.41, 5.74) is -0.156. The van der Waals surface area contributed by atoms with Gasteiger partial charge in [-0.25, -0.2) is 0 Å². The molecule has 1 amide bonds. The molecule has 0 saturated carbocycles. The Kier molecular flexibility index (Phi) is 7.14. The SMILES string of the molecule is COc1ccc(C[C@@](C)(O)CNC(=O)COc2ccc(Cl)cc2Cl)cc1. The van der Waals surface area contributed by atoms with E-state index >= 15 is 0 Å². The lowest BCUT2D eigenvalue weighted by Gasteiger charge is -2.24. The summed E-state index contributed by atoms with van der Waals surface area (Å²) < 4.78 is 10.5. The van der Waals surface area contributed by atoms with Gasteiger partial charge in [-0.1, -0.05) is 35.3 Å². The summed E-state index contributed by atoms with van der Waals surface area (Å²) in [6, 6.07) is 12.2. The molecule has 0 heterocycles. The third kappa shape index (κ3) is 6.41. The number of rotatable bonds is 8. The summed E-state index contributed by atoms with van der Waals surface area (Å²) in [5, 5.41) is 14.0. The van der Waals surface area contributed by atoms with Gasteiger partial charge in [0.1, 0.15) is 11.5 Å². The number of halogens is 2. The molecule has 0 aliphatic heterocycles. The highest BCUT2D eigenvalue weighted by atomic mass is 35.5. The van der Waals surface area contributed by atoms with Gasteiger partial charge in [0, 0.05) is 18.0 Å². The van der Waals surface area contributed by atoms with Crippen molar-refractivity contribution in [3.8, 4) is 11.5 Å². The first-order chi connectivity index (χ1) is 12.3. The molecule has 0 radical (unpaired) electrons. The van der Waals surface area contributed by atoms with Crippen LogP contribution < -0.4 is 14.8 Å². The van der Waals surface area contributed by atoms with Crippen LogP contribution >= 0.6 is 23.2 Å². The van der Waals surface area contributed by atoms with Crippen LogP contribution in [-0.4, -0.2) is 36.9 Å². The average Bonchev–Trinajstić information content (AvgIpc) is 2.60. The lowest BCUT2D eigenvalue weighted by atomic mass is 9.96. The van der Waals surface area contributed by atoms with E-state index < -0.39 is 5.60 Å². The molecule has 2 N–H and O–H groups in total. The highest BCUT2D eigenvalue weighted by molar-refractivity contribution is 6.35. The largest absolute Gasteiger partial charge is 0.497 e. The van der Waals surface area contributed by atoms with E-state index in [4.69, 9.17) is 32.7 Å². The standard InChI is InChI=1S/C19H21Cl2NO4/c1-19(24,10-13-3-6-15(25-2)7-4-13)12-22-18(23)11-26-17-8-5-14(20)9-16(17)21/h3-9,24H,10-12H2,1-2H3,(H,22,23)/t19-/m1/s1. The van der Waals surface area contributed by atoms with E-state index in [0.29, 0.717) is 22.2 Å². The molecule has 26 heavy (non-hydrogen) atoms. The third-order valence-electron chi connectivity index (χ3n) is 3.66. The highest BCUT2D eigenvalue weighted by Crippen LogP contribution is 2.27. The first-order valence-electron chi connectivity index (χ1n) is 7.99. The monoisotopic (exact) mass is 397 g/mol. The molecule has 0 aliphatic rings. The molecule has 1 atom stereocenters. The van der Waals surface area contributed by atoms with Gasteiger partial charge in [0.2, 0.25) is 0 Å². The lowest BCUT2D eigenvalue weighted by Crippen LogP contribution is -2.43. The Morgan fingerprint density at radius 3 is 2.50 bits per heavy atom. The number of carbonyl (C=O) groups is 1. The molecule has 0 fully saturated rings. The van der Waals surface area contributed by atoms with Gasteiger partial charge in [-0.3, -0.25) is 4.79 Å². The third-order valence-corrected chi connectivity index (χ3v) is 4.19. The number of hydrogen-bond acceptors (Lipinski definition) is 4. The number of amides is 1. The molecule has 0 aromatic heterocycles. The van der Waals surface area contributed by atoms with Crippen molar-refractivity contribution in [3.63, 3.8) is 0 Å². The van der Waals surface area contributed by atoms with E-state index in [1.54, 1.807) is 26.2 Å². The van der Waals surface area contributed by atoms with Gasteiger partial charge in [-0.05, 0) is 42.8 Å². The van der Waals surface area contributed by atoms with Crippen molar-refractivity contribution in [2.75, 3.05) is 20.3 Å². The van der Waals surface area contributed by atoms with Gasteiger partial charge < -0.3 is 19.9 Å². The number of benzene rings is 2. The molecule has 0 aliphatic carbocycles. The maximum absolute atomic E-state index is 11.9. The molecular weight excluding hydrogens is 377 g/mol. The van der Waals surface area contributed by atoms with Gasteiger partial charge in [0.05, 0.1) is 17.7 Å². The molecule has 7 heteroatoms. The number of ether oxygens (including phenoxy) is 2. The molecule has 0 unspecified atom stereocenters. The van der Waals surface area contributed by atoms with Crippen LogP contribution in [-0.2, 0) is 11.2 Å². The molecular formula is C19H21Cl2NO4. The van der Waals surface area contributed by atoms with Crippen molar-refractivity contribution in [2.45, 2.75) is 18.9 Å². The molecule has 5 nitrogen and oxygen atoms in total. The Morgan fingerprint density at radius 1 is 1.19 bits per heavy atom. The smallest absolute Gasteiger partial charge is 0.258 e. The molecule has 0 bridgehead atoms. The van der Waals surface area contributed by atoms with Crippen molar-refractivity contribution in [2.24, 2.45) is 0 Å². The fraction of sp³-hybridized carbons (Fsp3) is 0.316. The second-order valence-corrected chi connectivity index (χ2v) is 7.01. The van der Waals surface area contributed by atoms with Crippen LogP contribution in [0.1, 0.15) is 12.5 Å². The first kappa shape index (κ1) is 20.4. The van der Waals surface area contributed by atoms with Gasteiger partial charge in [0.15, 0.2) is 6.61 Å². The van der Waals surface area contributed by atoms with Crippen molar-refractivity contribution >= 4 is 29.1 Å². The Labute approximate surface area is 162 Å². The highest BCUT2D eigenvalue weighted by Gasteiger charge is 2.22. The van der Waals surface area contributed by atoms with Crippen molar-refractivity contribution in [1.82, 2.24) is 5.32 Å². The first-order valence-corrected chi connectivity index (χ1v) is 8.74. The minimum absolute atomic E-state index is 0.0928. The number of aliphatic hydroxyl groups is 1. The van der Waals surface area contributed by atoms with Crippen molar-refractivity contribution in [1.29, 1.82) is 0 Å². The van der Waals surface area contributed by atoms with Crippen LogP contribution in [0.25, 0.3) is 0 Å². The molecule has 2 aromatic rings. The molecule has 0 saturated heterocycles. The van der Waals surface area contributed by atoms with Crippen LogP contribution in [0.4, 0.5) is 0 Å². The fourth-order valence-electron chi connectivity index (χ4n) is 2.32.